The van der Waals surface area contributed by atoms with Crippen molar-refractivity contribution >= 4 is 0 Å². The summed E-state index contributed by atoms with van der Waals surface area (Å²) < 4.78 is 5.32. The van der Waals surface area contributed by atoms with Gasteiger partial charge < -0.3 is 9.73 Å². The molecule has 0 spiro atoms. The zero-order valence-corrected chi connectivity index (χ0v) is 10.2. The lowest BCUT2D eigenvalue weighted by Crippen LogP contribution is -2.58. The highest BCUT2D eigenvalue weighted by atomic mass is 16.3. The van der Waals surface area contributed by atoms with Crippen molar-refractivity contribution in [2.24, 2.45) is 17.8 Å². The summed E-state index contributed by atoms with van der Waals surface area (Å²) in [6.07, 6.45) is 12.0. The highest BCUT2D eigenvalue weighted by Crippen LogP contribution is 2.55. The van der Waals surface area contributed by atoms with Crippen molar-refractivity contribution in [2.75, 3.05) is 0 Å². The molecule has 0 amide bonds. The highest BCUT2D eigenvalue weighted by molar-refractivity contribution is 5.07. The first kappa shape index (κ1) is 10.1. The largest absolute Gasteiger partial charge is 0.447 e. The van der Waals surface area contributed by atoms with E-state index in [0.29, 0.717) is 5.54 Å². The minimum Gasteiger partial charge on any atom is -0.447 e. The maximum absolute atomic E-state index is 5.32. The van der Waals surface area contributed by atoms with Gasteiger partial charge in [-0.1, -0.05) is 0 Å². The molecule has 3 heteroatoms. The minimum atomic E-state index is 0.432. The Hall–Kier alpha value is -0.830. The van der Waals surface area contributed by atoms with E-state index in [2.05, 4.69) is 10.3 Å². The number of nitrogens with zero attached hydrogens (tertiary/aromatic N) is 1. The lowest BCUT2D eigenvalue weighted by Gasteiger charge is -2.57. The molecule has 17 heavy (non-hydrogen) atoms. The topological polar surface area (TPSA) is 38.1 Å². The molecule has 4 bridgehead atoms. The van der Waals surface area contributed by atoms with Gasteiger partial charge in [-0.15, -0.1) is 0 Å². The highest BCUT2D eigenvalue weighted by Gasteiger charge is 2.50. The number of hydrogen-bond acceptors (Lipinski definition) is 3. The van der Waals surface area contributed by atoms with Gasteiger partial charge in [-0.3, -0.25) is 0 Å². The van der Waals surface area contributed by atoms with Gasteiger partial charge in [-0.25, -0.2) is 4.98 Å². The van der Waals surface area contributed by atoms with Crippen molar-refractivity contribution in [3.05, 3.63) is 18.4 Å². The van der Waals surface area contributed by atoms with Crippen LogP contribution in [0.1, 0.15) is 44.3 Å². The van der Waals surface area contributed by atoms with Crippen LogP contribution >= 0.6 is 0 Å². The molecule has 4 fully saturated rings. The van der Waals surface area contributed by atoms with Crippen LogP contribution in [-0.2, 0) is 6.54 Å². The molecule has 0 atom stereocenters. The number of oxazole rings is 1. The predicted molar refractivity (Wildman–Crippen MR) is 64.2 cm³/mol. The van der Waals surface area contributed by atoms with Crippen LogP contribution in [0.4, 0.5) is 0 Å². The quantitative estimate of drug-likeness (QED) is 0.870. The molecule has 0 aromatic carbocycles. The molecular formula is C14H20N2O. The van der Waals surface area contributed by atoms with E-state index >= 15 is 0 Å². The first-order chi connectivity index (χ1) is 8.31. The van der Waals surface area contributed by atoms with Crippen molar-refractivity contribution in [3.8, 4) is 0 Å². The first-order valence-electron chi connectivity index (χ1n) is 6.94. The minimum absolute atomic E-state index is 0.432. The molecule has 0 aliphatic heterocycles. The second kappa shape index (κ2) is 3.58. The Bertz CT molecular complexity index is 363. The van der Waals surface area contributed by atoms with Crippen LogP contribution in [0.25, 0.3) is 0 Å². The molecule has 1 N–H and O–H groups in total. The van der Waals surface area contributed by atoms with Gasteiger partial charge in [0, 0.05) is 5.54 Å². The van der Waals surface area contributed by atoms with Crippen molar-refractivity contribution in [2.45, 2.75) is 50.6 Å². The van der Waals surface area contributed by atoms with E-state index in [1.165, 1.54) is 44.9 Å². The lowest BCUT2D eigenvalue weighted by atomic mass is 9.53. The molecule has 4 aliphatic rings. The molecule has 1 aromatic heterocycles. The second-order valence-corrected chi connectivity index (χ2v) is 6.52. The van der Waals surface area contributed by atoms with E-state index in [-0.39, 0.29) is 0 Å². The summed E-state index contributed by atoms with van der Waals surface area (Å²) in [6, 6.07) is 0. The average Bonchev–Trinajstić information content (AvgIpc) is 2.77. The van der Waals surface area contributed by atoms with Gasteiger partial charge in [0.25, 0.3) is 0 Å². The Morgan fingerprint density at radius 1 is 1.18 bits per heavy atom. The molecule has 0 unspecified atom stereocenters. The third-order valence-corrected chi connectivity index (χ3v) is 5.16. The summed E-state index contributed by atoms with van der Waals surface area (Å²) in [4.78, 5) is 3.98. The Morgan fingerprint density at radius 3 is 2.35 bits per heavy atom. The molecule has 1 aromatic rings. The summed E-state index contributed by atoms with van der Waals surface area (Å²) in [5, 5.41) is 3.80. The van der Waals surface area contributed by atoms with Gasteiger partial charge in [-0.05, 0) is 56.3 Å². The van der Waals surface area contributed by atoms with Gasteiger partial charge in [0.05, 0.1) is 12.7 Å². The smallest absolute Gasteiger partial charge is 0.180 e. The van der Waals surface area contributed by atoms with Crippen LogP contribution in [0.2, 0.25) is 0 Å². The third kappa shape index (κ3) is 1.71. The van der Waals surface area contributed by atoms with Crippen molar-refractivity contribution < 1.29 is 4.42 Å². The summed E-state index contributed by atoms with van der Waals surface area (Å²) in [5.41, 5.74) is 0.432. The van der Waals surface area contributed by atoms with Crippen LogP contribution in [0.5, 0.6) is 0 Å². The normalized spacial score (nSPS) is 43.2. The van der Waals surface area contributed by atoms with Gasteiger partial charge in [0.15, 0.2) is 6.39 Å². The van der Waals surface area contributed by atoms with Crippen LogP contribution in [-0.4, -0.2) is 10.5 Å². The van der Waals surface area contributed by atoms with E-state index in [1.807, 2.05) is 6.20 Å². The second-order valence-electron chi connectivity index (χ2n) is 6.52. The Labute approximate surface area is 102 Å². The molecule has 4 aliphatic carbocycles. The number of nitrogens with one attached hydrogen (secondary N) is 1. The van der Waals surface area contributed by atoms with E-state index in [0.717, 1.165) is 30.1 Å². The van der Waals surface area contributed by atoms with E-state index in [4.69, 9.17) is 4.42 Å². The van der Waals surface area contributed by atoms with Crippen molar-refractivity contribution in [3.63, 3.8) is 0 Å². The summed E-state index contributed by atoms with van der Waals surface area (Å²) >= 11 is 0. The summed E-state index contributed by atoms with van der Waals surface area (Å²) in [7, 11) is 0. The fourth-order valence-electron chi connectivity index (χ4n) is 4.93. The van der Waals surface area contributed by atoms with Crippen LogP contribution in [0, 0.1) is 17.8 Å². The monoisotopic (exact) mass is 232 g/mol. The van der Waals surface area contributed by atoms with Crippen molar-refractivity contribution in [1.29, 1.82) is 0 Å². The zero-order valence-electron chi connectivity index (χ0n) is 10.2. The Balaban J connectivity index is 1.49. The zero-order chi connectivity index (χ0) is 11.3. The summed E-state index contributed by atoms with van der Waals surface area (Å²) in [5.74, 6) is 3.98. The molecule has 0 saturated heterocycles. The fraction of sp³-hybridized carbons (Fsp3) is 0.786. The maximum Gasteiger partial charge on any atom is 0.180 e. The van der Waals surface area contributed by atoms with Crippen LogP contribution < -0.4 is 5.32 Å². The number of aromatic nitrogens is 1. The van der Waals surface area contributed by atoms with Gasteiger partial charge in [0.1, 0.15) is 5.76 Å². The van der Waals surface area contributed by atoms with Gasteiger partial charge >= 0.3 is 0 Å². The molecule has 1 heterocycles. The molecular weight excluding hydrogens is 212 g/mol. The van der Waals surface area contributed by atoms with Gasteiger partial charge in [-0.2, -0.15) is 0 Å². The van der Waals surface area contributed by atoms with E-state index < -0.39 is 0 Å². The SMILES string of the molecule is c1ncc(CNC23CC4CC(CC(C4)C2)C3)o1. The van der Waals surface area contributed by atoms with Crippen molar-refractivity contribution in [1.82, 2.24) is 10.3 Å². The first-order valence-corrected chi connectivity index (χ1v) is 6.94. The van der Waals surface area contributed by atoms with Crippen LogP contribution in [0.15, 0.2) is 17.0 Å². The lowest BCUT2D eigenvalue weighted by molar-refractivity contribution is -0.0213. The van der Waals surface area contributed by atoms with Crippen LogP contribution in [0.3, 0.4) is 0 Å². The Kier molecular flexibility index (Phi) is 2.13. The fourth-order valence-corrected chi connectivity index (χ4v) is 4.93. The number of rotatable bonds is 3. The van der Waals surface area contributed by atoms with E-state index in [1.54, 1.807) is 0 Å². The Morgan fingerprint density at radius 2 is 1.82 bits per heavy atom. The molecule has 92 valence electrons. The molecule has 5 rings (SSSR count). The summed E-state index contributed by atoms with van der Waals surface area (Å²) in [6.45, 7) is 0.853. The number of hydrogen-bond donors (Lipinski definition) is 1. The van der Waals surface area contributed by atoms with E-state index in [9.17, 15) is 0 Å². The van der Waals surface area contributed by atoms with Gasteiger partial charge in [0.2, 0.25) is 0 Å². The molecule has 0 radical (unpaired) electrons. The molecule has 3 nitrogen and oxygen atoms in total. The standard InChI is InChI=1S/C14H20N2O/c1-10-2-12-3-11(1)5-14(4-10,6-12)16-8-13-7-15-9-17-13/h7,9-12,16H,1-6,8H2. The molecule has 4 saturated carbocycles. The maximum atomic E-state index is 5.32. The predicted octanol–water partition coefficient (Wildman–Crippen LogP) is 2.73. The third-order valence-electron chi connectivity index (χ3n) is 5.16. The average molecular weight is 232 g/mol.